The predicted octanol–water partition coefficient (Wildman–Crippen LogP) is 2.21. The lowest BCUT2D eigenvalue weighted by atomic mass is 10.0. The van der Waals surface area contributed by atoms with Crippen LogP contribution in [-0.2, 0) is 42.7 Å². The molecule has 1 aromatic rings. The predicted molar refractivity (Wildman–Crippen MR) is 129 cm³/mol. The molecule has 0 fully saturated rings. The number of sulfonamides is 2. The molecule has 0 radical (unpaired) electrons. The van der Waals surface area contributed by atoms with Crippen molar-refractivity contribution in [3.63, 3.8) is 0 Å². The highest BCUT2D eigenvalue weighted by Gasteiger charge is 2.34. The maximum atomic E-state index is 12.4. The standard InChI is InChI=1S/C22H36N2O8S2/c1-15(2)10-19(21(25)26)23(33(5,29)30)13-17-8-7-9-18(12-17)14-24(34(6,31)32)20(22(27)28)11-16(3)4/h7-9,12,15-16,19-20H,10-11,13-14H2,1-6H3,(H,25,26)(H,27,28)/t19-,20-/m0/s1. The second-order valence-electron chi connectivity index (χ2n) is 9.40. The molecule has 0 aliphatic rings. The third-order valence-corrected chi connectivity index (χ3v) is 7.65. The zero-order valence-electron chi connectivity index (χ0n) is 20.5. The van der Waals surface area contributed by atoms with E-state index in [1.165, 1.54) is 0 Å². The van der Waals surface area contributed by atoms with E-state index in [0.717, 1.165) is 21.1 Å². The maximum absolute atomic E-state index is 12.4. The van der Waals surface area contributed by atoms with E-state index >= 15 is 0 Å². The van der Waals surface area contributed by atoms with Crippen molar-refractivity contribution in [2.45, 2.75) is 65.7 Å². The average Bonchev–Trinajstić information content (AvgIpc) is 2.65. The average molecular weight is 521 g/mol. The normalized spacial score (nSPS) is 14.6. The van der Waals surface area contributed by atoms with Gasteiger partial charge in [0.05, 0.1) is 12.5 Å². The third-order valence-electron chi connectivity index (χ3n) is 5.17. The molecule has 1 rings (SSSR count). The Bertz CT molecular complexity index is 987. The quantitative estimate of drug-likeness (QED) is 0.379. The fraction of sp³-hybridized carbons (Fsp3) is 0.636. The van der Waals surface area contributed by atoms with E-state index in [9.17, 15) is 36.6 Å². The molecule has 0 amide bonds. The molecule has 10 nitrogen and oxygen atoms in total. The van der Waals surface area contributed by atoms with Gasteiger partial charge >= 0.3 is 11.9 Å². The van der Waals surface area contributed by atoms with Gasteiger partial charge in [-0.2, -0.15) is 8.61 Å². The molecule has 194 valence electrons. The largest absolute Gasteiger partial charge is 0.480 e. The molecular formula is C22H36N2O8S2. The Morgan fingerprint density at radius 3 is 1.32 bits per heavy atom. The Kier molecular flexibility index (Phi) is 10.7. The Morgan fingerprint density at radius 1 is 0.765 bits per heavy atom. The Balaban J connectivity index is 3.35. The van der Waals surface area contributed by atoms with Crippen molar-refractivity contribution in [3.05, 3.63) is 35.4 Å². The van der Waals surface area contributed by atoms with E-state index in [2.05, 4.69) is 0 Å². The zero-order chi connectivity index (χ0) is 26.4. The molecule has 1 aromatic carbocycles. The van der Waals surface area contributed by atoms with Gasteiger partial charge in [0, 0.05) is 13.1 Å². The van der Waals surface area contributed by atoms with Crippen LogP contribution in [-0.4, -0.2) is 72.2 Å². The summed E-state index contributed by atoms with van der Waals surface area (Å²) < 4.78 is 51.6. The highest BCUT2D eigenvalue weighted by Crippen LogP contribution is 2.22. The first-order valence-electron chi connectivity index (χ1n) is 10.9. The number of rotatable bonds is 14. The number of aliphatic carboxylic acids is 2. The molecule has 0 aromatic heterocycles. The molecule has 0 bridgehead atoms. The second kappa shape index (κ2) is 12.1. The number of hydrogen-bond donors (Lipinski definition) is 2. The Morgan fingerprint density at radius 2 is 1.09 bits per heavy atom. The lowest BCUT2D eigenvalue weighted by Crippen LogP contribution is -2.45. The van der Waals surface area contributed by atoms with Crippen LogP contribution in [0, 0.1) is 11.8 Å². The van der Waals surface area contributed by atoms with Crippen molar-refractivity contribution in [1.29, 1.82) is 0 Å². The first-order chi connectivity index (χ1) is 15.4. The first kappa shape index (κ1) is 30.0. The number of carbonyl (C=O) groups is 2. The topological polar surface area (TPSA) is 149 Å². The molecule has 0 unspecified atom stereocenters. The van der Waals surface area contributed by atoms with Crippen molar-refractivity contribution >= 4 is 32.0 Å². The van der Waals surface area contributed by atoms with Gasteiger partial charge in [-0.3, -0.25) is 9.59 Å². The summed E-state index contributed by atoms with van der Waals surface area (Å²) >= 11 is 0. The molecule has 12 heteroatoms. The van der Waals surface area contributed by atoms with E-state index in [0.29, 0.717) is 11.1 Å². The van der Waals surface area contributed by atoms with Gasteiger partial charge in [0.2, 0.25) is 20.0 Å². The molecule has 2 N–H and O–H groups in total. The molecule has 0 aliphatic carbocycles. The van der Waals surface area contributed by atoms with Crippen molar-refractivity contribution in [1.82, 2.24) is 8.61 Å². The zero-order valence-corrected chi connectivity index (χ0v) is 22.1. The molecule has 0 heterocycles. The second-order valence-corrected chi connectivity index (χ2v) is 13.3. The number of carboxylic acid groups (broad SMARTS) is 2. The van der Waals surface area contributed by atoms with Gasteiger partial charge in [0.15, 0.2) is 0 Å². The van der Waals surface area contributed by atoms with Gasteiger partial charge < -0.3 is 10.2 Å². The van der Waals surface area contributed by atoms with Crippen molar-refractivity contribution in [2.75, 3.05) is 12.5 Å². The molecular weight excluding hydrogens is 484 g/mol. The van der Waals surface area contributed by atoms with Gasteiger partial charge in [-0.05, 0) is 35.8 Å². The fourth-order valence-electron chi connectivity index (χ4n) is 3.68. The van der Waals surface area contributed by atoms with Crippen molar-refractivity contribution < 1.29 is 36.6 Å². The Labute approximate surface area is 202 Å². The molecule has 0 spiro atoms. The summed E-state index contributed by atoms with van der Waals surface area (Å²) in [7, 11) is -7.76. The molecule has 0 saturated carbocycles. The summed E-state index contributed by atoms with van der Waals surface area (Å²) in [6, 6.07) is 3.89. The SMILES string of the molecule is CC(C)C[C@@H](C(=O)O)N(Cc1cccc(CN([C@@H](CC(C)C)C(=O)O)S(C)(=O)=O)c1)S(C)(=O)=O. The van der Waals surface area contributed by atoms with Crippen LogP contribution >= 0.6 is 0 Å². The van der Waals surface area contributed by atoms with Crippen LogP contribution in [0.15, 0.2) is 24.3 Å². The fourth-order valence-corrected chi connectivity index (χ4v) is 5.72. The molecule has 34 heavy (non-hydrogen) atoms. The summed E-state index contributed by atoms with van der Waals surface area (Å²) in [5.41, 5.74) is 0.921. The van der Waals surface area contributed by atoms with E-state index in [1.54, 1.807) is 52.0 Å². The third kappa shape index (κ3) is 9.32. The number of carboxylic acids is 2. The van der Waals surface area contributed by atoms with E-state index in [4.69, 9.17) is 0 Å². The minimum atomic E-state index is -3.88. The number of benzene rings is 1. The summed E-state index contributed by atoms with van der Waals surface area (Å²) in [6.07, 6.45) is 2.14. The van der Waals surface area contributed by atoms with Crippen LogP contribution in [0.2, 0.25) is 0 Å². The maximum Gasteiger partial charge on any atom is 0.322 e. The van der Waals surface area contributed by atoms with E-state index < -0.39 is 44.1 Å². The monoisotopic (exact) mass is 520 g/mol. The van der Waals surface area contributed by atoms with E-state index in [-0.39, 0.29) is 37.8 Å². The van der Waals surface area contributed by atoms with Crippen molar-refractivity contribution in [3.8, 4) is 0 Å². The van der Waals surface area contributed by atoms with Gasteiger partial charge in [-0.1, -0.05) is 52.0 Å². The summed E-state index contributed by atoms with van der Waals surface area (Å²) in [6.45, 7) is 6.76. The van der Waals surface area contributed by atoms with Crippen LogP contribution in [0.4, 0.5) is 0 Å². The minimum Gasteiger partial charge on any atom is -0.480 e. The van der Waals surface area contributed by atoms with Crippen molar-refractivity contribution in [2.24, 2.45) is 11.8 Å². The van der Waals surface area contributed by atoms with Gasteiger partial charge in [-0.25, -0.2) is 16.8 Å². The molecule has 2 atom stereocenters. The van der Waals surface area contributed by atoms with Crippen LogP contribution in [0.5, 0.6) is 0 Å². The first-order valence-corrected chi connectivity index (χ1v) is 14.6. The smallest absolute Gasteiger partial charge is 0.322 e. The molecule has 0 aliphatic heterocycles. The summed E-state index contributed by atoms with van der Waals surface area (Å²) in [5.74, 6) is -2.63. The van der Waals surface area contributed by atoms with Gasteiger partial charge in [0.25, 0.3) is 0 Å². The highest BCUT2D eigenvalue weighted by molar-refractivity contribution is 7.88. The van der Waals surface area contributed by atoms with Gasteiger partial charge in [-0.15, -0.1) is 0 Å². The molecule has 0 saturated heterocycles. The summed E-state index contributed by atoms with van der Waals surface area (Å²) in [4.78, 5) is 23.7. The lowest BCUT2D eigenvalue weighted by molar-refractivity contribution is -0.143. The number of nitrogens with zero attached hydrogens (tertiary/aromatic N) is 2. The highest BCUT2D eigenvalue weighted by atomic mass is 32.2. The minimum absolute atomic E-state index is 0.0612. The van der Waals surface area contributed by atoms with Crippen LogP contribution in [0.3, 0.4) is 0 Å². The van der Waals surface area contributed by atoms with Gasteiger partial charge in [0.1, 0.15) is 12.1 Å². The van der Waals surface area contributed by atoms with E-state index in [1.807, 2.05) is 0 Å². The van der Waals surface area contributed by atoms with Crippen LogP contribution in [0.25, 0.3) is 0 Å². The number of hydrogen-bond acceptors (Lipinski definition) is 6. The van der Waals surface area contributed by atoms with Crippen LogP contribution < -0.4 is 0 Å². The van der Waals surface area contributed by atoms with Crippen LogP contribution in [0.1, 0.15) is 51.7 Å². The summed E-state index contributed by atoms with van der Waals surface area (Å²) in [5, 5.41) is 19.3. The lowest BCUT2D eigenvalue weighted by Gasteiger charge is -2.29. The Hall–Kier alpha value is -2.02.